The van der Waals surface area contributed by atoms with Crippen molar-refractivity contribution in [2.24, 2.45) is 0 Å². The Kier molecular flexibility index (Phi) is 7.19. The summed E-state index contributed by atoms with van der Waals surface area (Å²) < 4.78 is 21.0. The van der Waals surface area contributed by atoms with E-state index < -0.39 is 18.0 Å². The van der Waals surface area contributed by atoms with Crippen LogP contribution in [0.1, 0.15) is 34.6 Å². The summed E-state index contributed by atoms with van der Waals surface area (Å²) >= 11 is 0. The Bertz CT molecular complexity index is 906. The fourth-order valence-electron chi connectivity index (χ4n) is 2.57. The van der Waals surface area contributed by atoms with E-state index in [4.69, 9.17) is 18.9 Å². The highest BCUT2D eigenvalue weighted by atomic mass is 16.6. The zero-order valence-corrected chi connectivity index (χ0v) is 16.9. The number of benzene rings is 2. The number of esters is 1. The number of ketones is 1. The fourth-order valence-corrected chi connectivity index (χ4v) is 2.57. The molecule has 0 heterocycles. The van der Waals surface area contributed by atoms with Gasteiger partial charge in [0.2, 0.25) is 5.75 Å². The average molecular weight is 401 g/mol. The Morgan fingerprint density at radius 3 is 2.00 bits per heavy atom. The number of nitrogens with one attached hydrogen (secondary N) is 1. The van der Waals surface area contributed by atoms with Crippen molar-refractivity contribution in [3.63, 3.8) is 0 Å². The van der Waals surface area contributed by atoms with Crippen LogP contribution in [-0.4, -0.2) is 45.1 Å². The topological polar surface area (TPSA) is 100 Å². The molecule has 1 amide bonds. The first-order valence-electron chi connectivity index (χ1n) is 8.74. The minimum Gasteiger partial charge on any atom is -0.493 e. The van der Waals surface area contributed by atoms with E-state index in [1.807, 2.05) is 0 Å². The van der Waals surface area contributed by atoms with Crippen LogP contribution in [-0.2, 0) is 9.53 Å². The summed E-state index contributed by atoms with van der Waals surface area (Å²) in [5, 5.41) is 2.63. The van der Waals surface area contributed by atoms with Crippen LogP contribution in [0.5, 0.6) is 17.2 Å². The van der Waals surface area contributed by atoms with Crippen molar-refractivity contribution in [1.29, 1.82) is 0 Å². The third-order valence-electron chi connectivity index (χ3n) is 4.14. The van der Waals surface area contributed by atoms with Gasteiger partial charge in [0.25, 0.3) is 5.91 Å². The van der Waals surface area contributed by atoms with E-state index in [1.165, 1.54) is 41.2 Å². The van der Waals surface area contributed by atoms with Crippen LogP contribution in [0.25, 0.3) is 0 Å². The fraction of sp³-hybridized carbons (Fsp3) is 0.286. The van der Waals surface area contributed by atoms with Gasteiger partial charge in [-0.05, 0) is 50.2 Å². The van der Waals surface area contributed by atoms with Gasteiger partial charge in [0.15, 0.2) is 23.4 Å². The first-order chi connectivity index (χ1) is 13.8. The monoisotopic (exact) mass is 401 g/mol. The van der Waals surface area contributed by atoms with Gasteiger partial charge in [-0.3, -0.25) is 9.59 Å². The Morgan fingerprint density at radius 1 is 0.862 bits per heavy atom. The van der Waals surface area contributed by atoms with E-state index >= 15 is 0 Å². The molecule has 0 unspecified atom stereocenters. The molecule has 0 spiro atoms. The maximum Gasteiger partial charge on any atom is 0.342 e. The number of hydrogen-bond donors (Lipinski definition) is 1. The van der Waals surface area contributed by atoms with Crippen molar-refractivity contribution < 1.29 is 33.3 Å². The van der Waals surface area contributed by atoms with E-state index in [0.29, 0.717) is 17.0 Å². The highest BCUT2D eigenvalue weighted by molar-refractivity contribution is 5.99. The lowest BCUT2D eigenvalue weighted by Gasteiger charge is -2.17. The smallest absolute Gasteiger partial charge is 0.342 e. The second-order valence-electron chi connectivity index (χ2n) is 6.05. The largest absolute Gasteiger partial charge is 0.493 e. The van der Waals surface area contributed by atoms with Crippen LogP contribution in [0.2, 0.25) is 0 Å². The van der Waals surface area contributed by atoms with Gasteiger partial charge in [-0.2, -0.15) is 0 Å². The maximum atomic E-state index is 12.6. The lowest BCUT2D eigenvalue weighted by molar-refractivity contribution is -0.123. The maximum absolute atomic E-state index is 12.6. The van der Waals surface area contributed by atoms with Crippen LogP contribution in [0.4, 0.5) is 5.69 Å². The molecule has 0 bridgehead atoms. The molecular formula is C21H23NO7. The molecule has 8 heteroatoms. The summed E-state index contributed by atoms with van der Waals surface area (Å²) in [6.45, 7) is 2.90. The Labute approximate surface area is 168 Å². The molecular weight excluding hydrogens is 378 g/mol. The van der Waals surface area contributed by atoms with Crippen LogP contribution < -0.4 is 19.5 Å². The molecule has 0 fully saturated rings. The lowest BCUT2D eigenvalue weighted by Crippen LogP contribution is -2.30. The number of methoxy groups -OCH3 is 3. The third-order valence-corrected chi connectivity index (χ3v) is 4.14. The standard InChI is InChI=1S/C21H23NO7/c1-12(23)14-6-8-15(9-7-14)22-20(24)13(2)29-21(25)16-10-11-17(26-3)19(28-5)18(16)27-4/h6-11,13H,1-5H3,(H,22,24)/t13-/m0/s1. The normalized spacial score (nSPS) is 11.2. The second-order valence-corrected chi connectivity index (χ2v) is 6.05. The van der Waals surface area contributed by atoms with Gasteiger partial charge in [0.1, 0.15) is 5.56 Å². The van der Waals surface area contributed by atoms with Gasteiger partial charge in [0.05, 0.1) is 21.3 Å². The van der Waals surface area contributed by atoms with Gasteiger partial charge in [-0.15, -0.1) is 0 Å². The number of anilines is 1. The highest BCUT2D eigenvalue weighted by Gasteiger charge is 2.25. The summed E-state index contributed by atoms with van der Waals surface area (Å²) in [6.07, 6.45) is -1.08. The number of amides is 1. The van der Waals surface area contributed by atoms with Crippen LogP contribution in [0, 0.1) is 0 Å². The molecule has 0 aliphatic rings. The van der Waals surface area contributed by atoms with E-state index in [-0.39, 0.29) is 22.8 Å². The van der Waals surface area contributed by atoms with Gasteiger partial charge >= 0.3 is 5.97 Å². The van der Waals surface area contributed by atoms with E-state index in [0.717, 1.165) is 0 Å². The number of carbonyl (C=O) groups excluding carboxylic acids is 3. The molecule has 1 N–H and O–H groups in total. The predicted octanol–water partition coefficient (Wildman–Crippen LogP) is 3.10. The number of carbonyl (C=O) groups is 3. The molecule has 2 rings (SSSR count). The van der Waals surface area contributed by atoms with Crippen molar-refractivity contribution >= 4 is 23.3 Å². The molecule has 0 radical (unpaired) electrons. The third kappa shape index (κ3) is 5.04. The number of Topliss-reactive ketones (excluding diaryl/α,β-unsaturated/α-hetero) is 1. The molecule has 154 valence electrons. The van der Waals surface area contributed by atoms with Crippen LogP contribution in [0.3, 0.4) is 0 Å². The Morgan fingerprint density at radius 2 is 1.48 bits per heavy atom. The highest BCUT2D eigenvalue weighted by Crippen LogP contribution is 2.40. The van der Waals surface area contributed by atoms with Crippen molar-refractivity contribution in [2.45, 2.75) is 20.0 Å². The summed E-state index contributed by atoms with van der Waals surface area (Å²) in [7, 11) is 4.27. The minimum absolute atomic E-state index is 0.0750. The predicted molar refractivity (Wildman–Crippen MR) is 106 cm³/mol. The van der Waals surface area contributed by atoms with Crippen molar-refractivity contribution in [2.75, 3.05) is 26.6 Å². The first-order valence-corrected chi connectivity index (χ1v) is 8.74. The van der Waals surface area contributed by atoms with Crippen molar-refractivity contribution in [3.05, 3.63) is 47.5 Å². The lowest BCUT2D eigenvalue weighted by atomic mass is 10.1. The first kappa shape index (κ1) is 21.7. The molecule has 0 saturated heterocycles. The van der Waals surface area contributed by atoms with Crippen molar-refractivity contribution in [1.82, 2.24) is 0 Å². The molecule has 0 aromatic heterocycles. The molecule has 2 aromatic carbocycles. The zero-order valence-electron chi connectivity index (χ0n) is 16.9. The second kappa shape index (κ2) is 9.59. The molecule has 0 aliphatic heterocycles. The number of ether oxygens (including phenoxy) is 4. The number of rotatable bonds is 8. The summed E-state index contributed by atoms with van der Waals surface area (Å²) in [4.78, 5) is 36.2. The van der Waals surface area contributed by atoms with Gasteiger partial charge in [0, 0.05) is 11.3 Å². The summed E-state index contributed by atoms with van der Waals surface area (Å²) in [5.74, 6) is -0.572. The molecule has 29 heavy (non-hydrogen) atoms. The van der Waals surface area contributed by atoms with Crippen molar-refractivity contribution in [3.8, 4) is 17.2 Å². The molecule has 2 aromatic rings. The van der Waals surface area contributed by atoms with Gasteiger partial charge in [-0.1, -0.05) is 0 Å². The molecule has 0 aliphatic carbocycles. The minimum atomic E-state index is -1.08. The van der Waals surface area contributed by atoms with Crippen LogP contribution in [0.15, 0.2) is 36.4 Å². The summed E-state index contributed by atoms with van der Waals surface area (Å²) in [5.41, 5.74) is 1.10. The van der Waals surface area contributed by atoms with E-state index in [9.17, 15) is 14.4 Å². The SMILES string of the molecule is COc1ccc(C(=O)O[C@@H](C)C(=O)Nc2ccc(C(C)=O)cc2)c(OC)c1OC. The van der Waals surface area contributed by atoms with E-state index in [2.05, 4.69) is 5.32 Å². The average Bonchev–Trinajstić information content (AvgIpc) is 2.72. The Balaban J connectivity index is 2.11. The molecule has 1 atom stereocenters. The molecule has 0 saturated carbocycles. The van der Waals surface area contributed by atoms with Gasteiger partial charge < -0.3 is 24.3 Å². The molecule has 8 nitrogen and oxygen atoms in total. The van der Waals surface area contributed by atoms with Crippen LogP contribution >= 0.6 is 0 Å². The van der Waals surface area contributed by atoms with E-state index in [1.54, 1.807) is 30.3 Å². The quantitative estimate of drug-likeness (QED) is 0.536. The van der Waals surface area contributed by atoms with Gasteiger partial charge in [-0.25, -0.2) is 4.79 Å². The Hall–Kier alpha value is -3.55. The zero-order chi connectivity index (χ0) is 21.6. The summed E-state index contributed by atoms with van der Waals surface area (Å²) in [6, 6.07) is 9.40. The number of hydrogen-bond acceptors (Lipinski definition) is 7.